The topological polar surface area (TPSA) is 88.3 Å². The summed E-state index contributed by atoms with van der Waals surface area (Å²) in [4.78, 5) is 24.9. The molecule has 0 radical (unpaired) electrons. The lowest BCUT2D eigenvalue weighted by atomic mass is 10.0. The van der Waals surface area contributed by atoms with Crippen LogP contribution in [0.25, 0.3) is 11.0 Å². The first-order valence-electron chi connectivity index (χ1n) is 6.63. The van der Waals surface area contributed by atoms with E-state index < -0.39 is 11.5 Å². The molecule has 1 aromatic carbocycles. The number of hydrogen-bond acceptors (Lipinski definition) is 4. The van der Waals surface area contributed by atoms with E-state index in [0.717, 1.165) is 5.52 Å². The number of aromatic nitrogens is 3. The second kappa shape index (κ2) is 5.16. The molecule has 0 aliphatic carbocycles. The number of carbonyl (C=O) groups excluding carboxylic acids is 1. The van der Waals surface area contributed by atoms with E-state index in [1.165, 1.54) is 25.8 Å². The number of aryl methyl sites for hydroxylation is 1. The van der Waals surface area contributed by atoms with Crippen LogP contribution in [0, 0.1) is 0 Å². The number of likely N-dealkylation sites (N-methyl/N-ethyl adjacent to an activating group) is 1. The van der Waals surface area contributed by atoms with E-state index in [-0.39, 0.29) is 5.91 Å². The summed E-state index contributed by atoms with van der Waals surface area (Å²) >= 11 is 0. The van der Waals surface area contributed by atoms with Crippen LogP contribution in [0.3, 0.4) is 0 Å². The maximum absolute atomic E-state index is 12.4. The zero-order valence-corrected chi connectivity index (χ0v) is 12.5. The number of hydrogen-bond donors (Lipinski definition) is 1. The van der Waals surface area contributed by atoms with Crippen molar-refractivity contribution in [2.75, 3.05) is 7.05 Å². The highest BCUT2D eigenvalue weighted by molar-refractivity contribution is 5.99. The molecule has 0 spiro atoms. The van der Waals surface area contributed by atoms with Crippen LogP contribution in [0.15, 0.2) is 18.2 Å². The molecular weight excluding hydrogens is 272 g/mol. The highest BCUT2D eigenvalue weighted by Gasteiger charge is 2.35. The standard InChI is InChI=1S/C14H18N4O3/c1-5-18-11-7-6-9(8-10(11)15-16-18)12(19)17(4)14(2,3)13(20)21/h6-8H,5H2,1-4H3,(H,20,21). The van der Waals surface area contributed by atoms with Crippen molar-refractivity contribution >= 4 is 22.9 Å². The number of amides is 1. The fourth-order valence-electron chi connectivity index (χ4n) is 1.93. The van der Waals surface area contributed by atoms with Crippen LogP contribution >= 0.6 is 0 Å². The van der Waals surface area contributed by atoms with Crippen molar-refractivity contribution in [2.45, 2.75) is 32.9 Å². The van der Waals surface area contributed by atoms with Crippen molar-refractivity contribution in [2.24, 2.45) is 0 Å². The van der Waals surface area contributed by atoms with E-state index in [0.29, 0.717) is 17.6 Å². The Morgan fingerprint density at radius 3 is 2.62 bits per heavy atom. The Kier molecular flexibility index (Phi) is 3.67. The first kappa shape index (κ1) is 15.0. The van der Waals surface area contributed by atoms with Gasteiger partial charge in [-0.15, -0.1) is 5.10 Å². The van der Waals surface area contributed by atoms with Gasteiger partial charge in [0.1, 0.15) is 11.1 Å². The minimum Gasteiger partial charge on any atom is -0.480 e. The van der Waals surface area contributed by atoms with E-state index in [9.17, 15) is 14.7 Å². The number of aliphatic carboxylic acids is 1. The van der Waals surface area contributed by atoms with Gasteiger partial charge in [-0.25, -0.2) is 9.48 Å². The summed E-state index contributed by atoms with van der Waals surface area (Å²) in [6.07, 6.45) is 0. The van der Waals surface area contributed by atoms with Crippen LogP contribution in [0.1, 0.15) is 31.1 Å². The van der Waals surface area contributed by atoms with Crippen LogP contribution in [-0.4, -0.2) is 49.5 Å². The van der Waals surface area contributed by atoms with E-state index in [1.54, 1.807) is 22.9 Å². The molecule has 0 saturated heterocycles. The van der Waals surface area contributed by atoms with E-state index in [4.69, 9.17) is 0 Å². The number of nitrogens with zero attached hydrogens (tertiary/aromatic N) is 4. The van der Waals surface area contributed by atoms with Crippen molar-refractivity contribution in [3.05, 3.63) is 23.8 Å². The first-order chi connectivity index (χ1) is 9.78. The van der Waals surface area contributed by atoms with Crippen LogP contribution in [0.4, 0.5) is 0 Å². The van der Waals surface area contributed by atoms with Gasteiger partial charge in [-0.05, 0) is 39.0 Å². The number of carboxylic acid groups (broad SMARTS) is 1. The predicted molar refractivity (Wildman–Crippen MR) is 77.0 cm³/mol. The van der Waals surface area contributed by atoms with Gasteiger partial charge in [0.05, 0.1) is 5.52 Å². The molecule has 1 N–H and O–H groups in total. The molecule has 21 heavy (non-hydrogen) atoms. The molecule has 112 valence electrons. The SMILES string of the molecule is CCn1nnc2cc(C(=O)N(C)C(C)(C)C(=O)O)ccc21. The van der Waals surface area contributed by atoms with Gasteiger partial charge in [-0.1, -0.05) is 5.21 Å². The zero-order chi connectivity index (χ0) is 15.8. The van der Waals surface area contributed by atoms with Gasteiger partial charge in [-0.2, -0.15) is 0 Å². The minimum absolute atomic E-state index is 0.365. The average Bonchev–Trinajstić information content (AvgIpc) is 2.87. The second-order valence-corrected chi connectivity index (χ2v) is 5.34. The summed E-state index contributed by atoms with van der Waals surface area (Å²) in [7, 11) is 1.48. The Bertz CT molecular complexity index is 705. The van der Waals surface area contributed by atoms with Gasteiger partial charge in [-0.3, -0.25) is 4.79 Å². The van der Waals surface area contributed by atoms with Gasteiger partial charge < -0.3 is 10.0 Å². The maximum atomic E-state index is 12.4. The van der Waals surface area contributed by atoms with Crippen LogP contribution in [0.5, 0.6) is 0 Å². The number of benzene rings is 1. The van der Waals surface area contributed by atoms with Crippen molar-refractivity contribution in [1.29, 1.82) is 0 Å². The summed E-state index contributed by atoms with van der Waals surface area (Å²) in [6.45, 7) is 5.62. The highest BCUT2D eigenvalue weighted by Crippen LogP contribution is 2.19. The first-order valence-corrected chi connectivity index (χ1v) is 6.63. The molecular formula is C14H18N4O3. The Morgan fingerprint density at radius 2 is 2.05 bits per heavy atom. The van der Waals surface area contributed by atoms with Crippen molar-refractivity contribution in [1.82, 2.24) is 19.9 Å². The lowest BCUT2D eigenvalue weighted by Crippen LogP contribution is -2.50. The normalized spacial score (nSPS) is 11.6. The van der Waals surface area contributed by atoms with Crippen LogP contribution in [0.2, 0.25) is 0 Å². The Labute approximate surface area is 122 Å². The third-order valence-electron chi connectivity index (χ3n) is 3.73. The lowest BCUT2D eigenvalue weighted by Gasteiger charge is -2.31. The van der Waals surface area contributed by atoms with Gasteiger partial charge in [0, 0.05) is 19.2 Å². The smallest absolute Gasteiger partial charge is 0.329 e. The molecule has 0 unspecified atom stereocenters. The molecule has 1 aromatic heterocycles. The van der Waals surface area contributed by atoms with E-state index >= 15 is 0 Å². The van der Waals surface area contributed by atoms with Crippen molar-refractivity contribution in [3.63, 3.8) is 0 Å². The zero-order valence-electron chi connectivity index (χ0n) is 12.5. The molecule has 0 aliphatic rings. The highest BCUT2D eigenvalue weighted by atomic mass is 16.4. The molecule has 0 bridgehead atoms. The van der Waals surface area contributed by atoms with E-state index in [1.807, 2.05) is 6.92 Å². The molecule has 7 heteroatoms. The van der Waals surface area contributed by atoms with Crippen molar-refractivity contribution < 1.29 is 14.7 Å². The third kappa shape index (κ3) is 2.46. The van der Waals surface area contributed by atoms with Gasteiger partial charge >= 0.3 is 5.97 Å². The molecule has 0 fully saturated rings. The molecule has 2 aromatic rings. The Balaban J connectivity index is 2.38. The van der Waals surface area contributed by atoms with Crippen LogP contribution in [-0.2, 0) is 11.3 Å². The van der Waals surface area contributed by atoms with Gasteiger partial charge in [0.25, 0.3) is 5.91 Å². The Hall–Kier alpha value is -2.44. The molecule has 0 aliphatic heterocycles. The third-order valence-corrected chi connectivity index (χ3v) is 3.73. The second-order valence-electron chi connectivity index (χ2n) is 5.34. The molecule has 7 nitrogen and oxygen atoms in total. The molecule has 0 saturated carbocycles. The average molecular weight is 290 g/mol. The summed E-state index contributed by atoms with van der Waals surface area (Å²) in [5, 5.41) is 17.2. The monoisotopic (exact) mass is 290 g/mol. The summed E-state index contributed by atoms with van der Waals surface area (Å²) in [5.41, 5.74) is 0.563. The molecule has 2 rings (SSSR count). The molecule has 0 atom stereocenters. The summed E-state index contributed by atoms with van der Waals surface area (Å²) in [6, 6.07) is 5.06. The largest absolute Gasteiger partial charge is 0.480 e. The number of rotatable bonds is 4. The quantitative estimate of drug-likeness (QED) is 0.919. The predicted octanol–water partition coefficient (Wildman–Crippen LogP) is 1.39. The van der Waals surface area contributed by atoms with Gasteiger partial charge in [0.15, 0.2) is 0 Å². The summed E-state index contributed by atoms with van der Waals surface area (Å²) in [5.74, 6) is -1.42. The van der Waals surface area contributed by atoms with Crippen LogP contribution < -0.4 is 0 Å². The van der Waals surface area contributed by atoms with E-state index in [2.05, 4.69) is 10.3 Å². The maximum Gasteiger partial charge on any atom is 0.329 e. The number of carbonyl (C=O) groups is 2. The number of fused-ring (bicyclic) bond motifs is 1. The van der Waals surface area contributed by atoms with Crippen molar-refractivity contribution in [3.8, 4) is 0 Å². The minimum atomic E-state index is -1.28. The fourth-order valence-corrected chi connectivity index (χ4v) is 1.93. The van der Waals surface area contributed by atoms with Gasteiger partial charge in [0.2, 0.25) is 0 Å². The fraction of sp³-hybridized carbons (Fsp3) is 0.429. The summed E-state index contributed by atoms with van der Waals surface area (Å²) < 4.78 is 1.73. The lowest BCUT2D eigenvalue weighted by molar-refractivity contribution is -0.147. The molecule has 1 amide bonds. The number of carboxylic acids is 1. The molecule has 1 heterocycles. The Morgan fingerprint density at radius 1 is 1.38 bits per heavy atom.